The predicted octanol–water partition coefficient (Wildman–Crippen LogP) is 2.17. The largest absolute Gasteiger partial charge is 0.327 e. The van der Waals surface area contributed by atoms with Crippen LogP contribution in [0.1, 0.15) is 37.7 Å². The van der Waals surface area contributed by atoms with Crippen molar-refractivity contribution in [1.82, 2.24) is 10.2 Å². The van der Waals surface area contributed by atoms with E-state index in [9.17, 15) is 4.79 Å². The second-order valence-electron chi connectivity index (χ2n) is 5.95. The molecule has 3 heteroatoms. The zero-order valence-corrected chi connectivity index (χ0v) is 12.3. The maximum atomic E-state index is 12.4. The molecule has 110 valence electrons. The number of amides is 1. The summed E-state index contributed by atoms with van der Waals surface area (Å²) in [6.07, 6.45) is 5.95. The number of hydrogen-bond donors (Lipinski definition) is 1. The van der Waals surface area contributed by atoms with Gasteiger partial charge in [0, 0.05) is 30.1 Å². The van der Waals surface area contributed by atoms with Crippen LogP contribution in [0.2, 0.25) is 0 Å². The van der Waals surface area contributed by atoms with Gasteiger partial charge in [-0.1, -0.05) is 30.5 Å². The Morgan fingerprint density at radius 3 is 2.67 bits per heavy atom. The molecule has 1 atom stereocenters. The number of hydrogen-bond acceptors (Lipinski definition) is 2. The molecule has 1 amide bonds. The predicted molar refractivity (Wildman–Crippen MR) is 83.7 cm³/mol. The van der Waals surface area contributed by atoms with E-state index >= 15 is 0 Å². The molecular weight excluding hydrogens is 260 g/mol. The first-order chi connectivity index (χ1) is 10.3. The summed E-state index contributed by atoms with van der Waals surface area (Å²) in [6, 6.07) is 10.6. The second-order valence-corrected chi connectivity index (χ2v) is 5.95. The molecule has 3 nitrogen and oxygen atoms in total. The maximum Gasteiger partial charge on any atom is 0.299 e. The van der Waals surface area contributed by atoms with Crippen LogP contribution in [0.25, 0.3) is 0 Å². The maximum absolute atomic E-state index is 12.4. The van der Waals surface area contributed by atoms with Crippen molar-refractivity contribution in [3.8, 4) is 11.8 Å². The minimum absolute atomic E-state index is 0.0197. The highest BCUT2D eigenvalue weighted by Crippen LogP contribution is 2.27. The van der Waals surface area contributed by atoms with E-state index < -0.39 is 0 Å². The van der Waals surface area contributed by atoms with Gasteiger partial charge in [-0.25, -0.2) is 0 Å². The van der Waals surface area contributed by atoms with E-state index in [0.29, 0.717) is 12.1 Å². The van der Waals surface area contributed by atoms with Gasteiger partial charge in [-0.05, 0) is 44.4 Å². The molecule has 1 saturated carbocycles. The molecule has 3 rings (SSSR count). The van der Waals surface area contributed by atoms with Crippen molar-refractivity contribution in [3.05, 3.63) is 35.9 Å². The van der Waals surface area contributed by atoms with Crippen molar-refractivity contribution in [2.75, 3.05) is 13.1 Å². The Kier molecular flexibility index (Phi) is 4.57. The molecule has 2 fully saturated rings. The number of carbonyl (C=O) groups is 1. The van der Waals surface area contributed by atoms with Crippen LogP contribution in [0.15, 0.2) is 30.3 Å². The average Bonchev–Trinajstić information content (AvgIpc) is 3.37. The molecule has 1 aliphatic heterocycles. The number of carbonyl (C=O) groups excluding carboxylic acids is 1. The van der Waals surface area contributed by atoms with Crippen LogP contribution in [0.4, 0.5) is 0 Å². The first-order valence-corrected chi connectivity index (χ1v) is 7.94. The summed E-state index contributed by atoms with van der Waals surface area (Å²) >= 11 is 0. The Morgan fingerprint density at radius 2 is 2.00 bits per heavy atom. The summed E-state index contributed by atoms with van der Waals surface area (Å²) in [4.78, 5) is 14.4. The quantitative estimate of drug-likeness (QED) is 0.862. The molecule has 0 spiro atoms. The molecule has 1 aromatic carbocycles. The zero-order valence-electron chi connectivity index (χ0n) is 12.3. The van der Waals surface area contributed by atoms with Gasteiger partial charge in [0.2, 0.25) is 0 Å². The third kappa shape index (κ3) is 4.09. The summed E-state index contributed by atoms with van der Waals surface area (Å²) in [5, 5.41) is 3.52. The lowest BCUT2D eigenvalue weighted by Gasteiger charge is -2.29. The Balaban J connectivity index is 1.63. The normalized spacial score (nSPS) is 21.2. The van der Waals surface area contributed by atoms with Crippen LogP contribution < -0.4 is 5.32 Å². The zero-order chi connectivity index (χ0) is 14.5. The molecule has 1 heterocycles. The van der Waals surface area contributed by atoms with Crippen LogP contribution in [-0.4, -0.2) is 36.0 Å². The SMILES string of the molecule is O=C(C#Cc1ccccc1)N(CC1CCCCN1)C1CC1. The molecular formula is C18H22N2O. The molecule has 2 aliphatic rings. The Morgan fingerprint density at radius 1 is 1.19 bits per heavy atom. The minimum atomic E-state index is -0.0197. The fraction of sp³-hybridized carbons (Fsp3) is 0.500. The van der Waals surface area contributed by atoms with Crippen LogP contribution in [0, 0.1) is 11.8 Å². The fourth-order valence-electron chi connectivity index (χ4n) is 2.82. The number of benzene rings is 1. The number of nitrogens with zero attached hydrogens (tertiary/aromatic N) is 1. The van der Waals surface area contributed by atoms with Gasteiger partial charge in [0.15, 0.2) is 0 Å². The van der Waals surface area contributed by atoms with Crippen LogP contribution in [0.3, 0.4) is 0 Å². The molecule has 1 aliphatic carbocycles. The van der Waals surface area contributed by atoms with Crippen molar-refractivity contribution in [2.24, 2.45) is 0 Å². The smallest absolute Gasteiger partial charge is 0.299 e. The minimum Gasteiger partial charge on any atom is -0.327 e. The molecule has 0 aromatic heterocycles. The topological polar surface area (TPSA) is 32.3 Å². The van der Waals surface area contributed by atoms with E-state index in [0.717, 1.165) is 31.5 Å². The van der Waals surface area contributed by atoms with Crippen molar-refractivity contribution in [2.45, 2.75) is 44.2 Å². The highest BCUT2D eigenvalue weighted by atomic mass is 16.2. The number of piperidine rings is 1. The molecule has 1 N–H and O–H groups in total. The molecule has 1 saturated heterocycles. The highest BCUT2D eigenvalue weighted by Gasteiger charge is 2.33. The lowest BCUT2D eigenvalue weighted by molar-refractivity contribution is -0.126. The van der Waals surface area contributed by atoms with Gasteiger partial charge in [0.05, 0.1) is 0 Å². The van der Waals surface area contributed by atoms with E-state index in [1.54, 1.807) is 0 Å². The average molecular weight is 282 g/mol. The summed E-state index contributed by atoms with van der Waals surface area (Å²) in [6.45, 7) is 1.89. The molecule has 0 bridgehead atoms. The summed E-state index contributed by atoms with van der Waals surface area (Å²) in [5.41, 5.74) is 0.900. The summed E-state index contributed by atoms with van der Waals surface area (Å²) < 4.78 is 0. The Labute approximate surface area is 126 Å². The van der Waals surface area contributed by atoms with Crippen molar-refractivity contribution in [3.63, 3.8) is 0 Å². The van der Waals surface area contributed by atoms with Gasteiger partial charge < -0.3 is 10.2 Å². The van der Waals surface area contributed by atoms with E-state index in [1.807, 2.05) is 35.2 Å². The second kappa shape index (κ2) is 6.78. The van der Waals surface area contributed by atoms with E-state index in [1.165, 1.54) is 19.3 Å². The van der Waals surface area contributed by atoms with Crippen molar-refractivity contribution < 1.29 is 4.79 Å². The molecule has 1 unspecified atom stereocenters. The van der Waals surface area contributed by atoms with Crippen molar-refractivity contribution in [1.29, 1.82) is 0 Å². The Bertz CT molecular complexity index is 533. The standard InChI is InChI=1S/C18H22N2O/c21-18(12-9-15-6-2-1-3-7-15)20(17-10-11-17)14-16-8-4-5-13-19-16/h1-3,6-7,16-17,19H,4-5,8,10-11,13-14H2. The van der Waals surface area contributed by atoms with Gasteiger partial charge in [-0.15, -0.1) is 0 Å². The fourth-order valence-corrected chi connectivity index (χ4v) is 2.82. The van der Waals surface area contributed by atoms with Gasteiger partial charge >= 0.3 is 0 Å². The van der Waals surface area contributed by atoms with Crippen LogP contribution in [0.5, 0.6) is 0 Å². The first kappa shape index (κ1) is 14.2. The summed E-state index contributed by atoms with van der Waals surface area (Å²) in [7, 11) is 0. The first-order valence-electron chi connectivity index (χ1n) is 7.94. The lowest BCUT2D eigenvalue weighted by Crippen LogP contribution is -2.46. The van der Waals surface area contributed by atoms with Crippen LogP contribution in [-0.2, 0) is 4.79 Å². The highest BCUT2D eigenvalue weighted by molar-refractivity contribution is 5.94. The summed E-state index contributed by atoms with van der Waals surface area (Å²) in [5.74, 6) is 5.78. The third-order valence-electron chi connectivity index (χ3n) is 4.17. The van der Waals surface area contributed by atoms with Crippen LogP contribution >= 0.6 is 0 Å². The van der Waals surface area contributed by atoms with E-state index in [2.05, 4.69) is 17.2 Å². The van der Waals surface area contributed by atoms with Crippen molar-refractivity contribution >= 4 is 5.91 Å². The van der Waals surface area contributed by atoms with E-state index in [4.69, 9.17) is 0 Å². The van der Waals surface area contributed by atoms with Gasteiger partial charge in [0.25, 0.3) is 5.91 Å². The van der Waals surface area contributed by atoms with Gasteiger partial charge in [0.1, 0.15) is 0 Å². The monoisotopic (exact) mass is 282 g/mol. The lowest BCUT2D eigenvalue weighted by atomic mass is 10.0. The Hall–Kier alpha value is -1.79. The molecule has 1 aromatic rings. The van der Waals surface area contributed by atoms with E-state index in [-0.39, 0.29) is 5.91 Å². The molecule has 0 radical (unpaired) electrons. The molecule has 21 heavy (non-hydrogen) atoms. The van der Waals surface area contributed by atoms with Gasteiger partial charge in [-0.3, -0.25) is 4.79 Å². The number of nitrogens with one attached hydrogen (secondary N) is 1. The number of rotatable bonds is 3. The van der Waals surface area contributed by atoms with Gasteiger partial charge in [-0.2, -0.15) is 0 Å². The third-order valence-corrected chi connectivity index (χ3v) is 4.17.